The number of hydrogen-bond donors (Lipinski definition) is 3. The first-order chi connectivity index (χ1) is 12.6. The molecule has 8 heteroatoms. The van der Waals surface area contributed by atoms with Crippen LogP contribution < -0.4 is 0 Å². The van der Waals surface area contributed by atoms with Gasteiger partial charge in [0.1, 0.15) is 0 Å². The molecule has 2 rings (SSSR count). The summed E-state index contributed by atoms with van der Waals surface area (Å²) in [4.78, 5) is 46.1. The van der Waals surface area contributed by atoms with Gasteiger partial charge in [-0.05, 0) is 30.5 Å². The maximum Gasteiger partial charge on any atom is 0.337 e. The Hall–Kier alpha value is -3.42. The third-order valence-corrected chi connectivity index (χ3v) is 4.41. The maximum atomic E-state index is 11.9. The van der Waals surface area contributed by atoms with Crippen molar-refractivity contribution in [3.63, 3.8) is 0 Å². The first-order valence-electron chi connectivity index (χ1n) is 7.97. The number of aliphatic carboxylic acids is 1. The second-order valence-corrected chi connectivity index (χ2v) is 6.31. The molecule has 27 heavy (non-hydrogen) atoms. The van der Waals surface area contributed by atoms with E-state index in [1.54, 1.807) is 0 Å². The Balaban J connectivity index is 2.38. The molecule has 0 amide bonds. The summed E-state index contributed by atoms with van der Waals surface area (Å²) in [7, 11) is 0. The lowest BCUT2D eigenvalue weighted by atomic mass is 9.73. The Labute approximate surface area is 154 Å². The predicted octanol–water partition coefficient (Wildman–Crippen LogP) is 2.23. The SMILES string of the molecule is C=C(C)C(=O)OCCC1(C(=O)O)C=Cc2c(ccc(C(=O)O)c2C(=O)O)C1. The topological polar surface area (TPSA) is 138 Å². The van der Waals surface area contributed by atoms with E-state index in [0.29, 0.717) is 5.56 Å². The van der Waals surface area contributed by atoms with Crippen LogP contribution in [0.15, 0.2) is 30.4 Å². The Kier molecular flexibility index (Phi) is 5.49. The van der Waals surface area contributed by atoms with Gasteiger partial charge in [0.15, 0.2) is 0 Å². The van der Waals surface area contributed by atoms with E-state index in [4.69, 9.17) is 4.74 Å². The highest BCUT2D eigenvalue weighted by molar-refractivity contribution is 6.05. The van der Waals surface area contributed by atoms with Crippen LogP contribution in [0.3, 0.4) is 0 Å². The number of aromatic carboxylic acids is 2. The second kappa shape index (κ2) is 7.45. The predicted molar refractivity (Wildman–Crippen MR) is 93.6 cm³/mol. The van der Waals surface area contributed by atoms with Gasteiger partial charge < -0.3 is 20.1 Å². The Bertz CT molecular complexity index is 880. The third-order valence-electron chi connectivity index (χ3n) is 4.41. The molecule has 8 nitrogen and oxygen atoms in total. The van der Waals surface area contributed by atoms with E-state index in [1.807, 2.05) is 0 Å². The van der Waals surface area contributed by atoms with Gasteiger partial charge in [-0.25, -0.2) is 14.4 Å². The monoisotopic (exact) mass is 374 g/mol. The molecule has 0 fully saturated rings. The van der Waals surface area contributed by atoms with E-state index in [0.717, 1.165) is 6.07 Å². The van der Waals surface area contributed by atoms with Crippen molar-refractivity contribution in [1.29, 1.82) is 0 Å². The fourth-order valence-electron chi connectivity index (χ4n) is 2.93. The molecule has 0 radical (unpaired) electrons. The molecule has 142 valence electrons. The zero-order valence-electron chi connectivity index (χ0n) is 14.5. The van der Waals surface area contributed by atoms with Crippen LogP contribution in [0.1, 0.15) is 45.2 Å². The standard InChI is InChI=1S/C19H18O8/c1-10(2)17(24)27-8-7-19(18(25)26)6-5-12-11(9-19)3-4-13(15(20)21)14(12)16(22)23/h3-6H,1,7-9H2,2H3,(H,20,21)(H,22,23)(H,25,26). The van der Waals surface area contributed by atoms with E-state index in [-0.39, 0.29) is 41.7 Å². The summed E-state index contributed by atoms with van der Waals surface area (Å²) in [6.07, 6.45) is 2.55. The summed E-state index contributed by atoms with van der Waals surface area (Å²) in [6, 6.07) is 2.56. The molecular weight excluding hydrogens is 356 g/mol. The minimum atomic E-state index is -1.41. The van der Waals surface area contributed by atoms with E-state index >= 15 is 0 Å². The smallest absolute Gasteiger partial charge is 0.337 e. The second-order valence-electron chi connectivity index (χ2n) is 6.31. The zero-order valence-corrected chi connectivity index (χ0v) is 14.5. The number of ether oxygens (including phenoxy) is 1. The van der Waals surface area contributed by atoms with Crippen molar-refractivity contribution in [1.82, 2.24) is 0 Å². The van der Waals surface area contributed by atoms with Crippen LogP contribution in [0, 0.1) is 5.41 Å². The molecule has 1 atom stereocenters. The van der Waals surface area contributed by atoms with Crippen LogP contribution in [-0.2, 0) is 20.7 Å². The van der Waals surface area contributed by atoms with Crippen LogP contribution in [0.4, 0.5) is 0 Å². The molecule has 1 aliphatic rings. The van der Waals surface area contributed by atoms with Gasteiger partial charge in [0.25, 0.3) is 0 Å². The Morgan fingerprint density at radius 3 is 2.33 bits per heavy atom. The number of benzene rings is 1. The number of carboxylic acid groups (broad SMARTS) is 3. The summed E-state index contributed by atoms with van der Waals surface area (Å²) in [5.74, 6) is -4.58. The van der Waals surface area contributed by atoms with Crippen LogP contribution in [-0.4, -0.2) is 45.8 Å². The largest absolute Gasteiger partial charge is 0.481 e. The molecule has 3 N–H and O–H groups in total. The van der Waals surface area contributed by atoms with Gasteiger partial charge in [-0.3, -0.25) is 4.79 Å². The van der Waals surface area contributed by atoms with E-state index in [2.05, 4.69) is 6.58 Å². The average molecular weight is 374 g/mol. The van der Waals surface area contributed by atoms with Crippen LogP contribution in [0.2, 0.25) is 0 Å². The van der Waals surface area contributed by atoms with Crippen molar-refractivity contribution in [3.8, 4) is 0 Å². The molecule has 0 spiro atoms. The van der Waals surface area contributed by atoms with Gasteiger partial charge in [-0.2, -0.15) is 0 Å². The lowest BCUT2D eigenvalue weighted by Gasteiger charge is -2.30. The summed E-state index contributed by atoms with van der Waals surface area (Å²) in [5.41, 5.74) is -1.40. The highest BCUT2D eigenvalue weighted by atomic mass is 16.5. The van der Waals surface area contributed by atoms with Crippen molar-refractivity contribution >= 4 is 30.0 Å². The zero-order chi connectivity index (χ0) is 20.4. The van der Waals surface area contributed by atoms with Gasteiger partial charge in [0.05, 0.1) is 23.1 Å². The lowest BCUT2D eigenvalue weighted by Crippen LogP contribution is -2.35. The fourth-order valence-corrected chi connectivity index (χ4v) is 2.93. The molecule has 0 aliphatic heterocycles. The van der Waals surface area contributed by atoms with Gasteiger partial charge in [0, 0.05) is 12.0 Å². The summed E-state index contributed by atoms with van der Waals surface area (Å²) >= 11 is 0. The normalized spacial score (nSPS) is 17.7. The van der Waals surface area contributed by atoms with Crippen LogP contribution in [0.25, 0.3) is 6.08 Å². The van der Waals surface area contributed by atoms with E-state index in [9.17, 15) is 34.5 Å². The number of carbonyl (C=O) groups excluding carboxylic acids is 1. The minimum absolute atomic E-state index is 0.0274. The van der Waals surface area contributed by atoms with Gasteiger partial charge in [-0.1, -0.05) is 24.8 Å². The van der Waals surface area contributed by atoms with Crippen molar-refractivity contribution in [2.75, 3.05) is 6.61 Å². The average Bonchev–Trinajstić information content (AvgIpc) is 2.59. The highest BCUT2D eigenvalue weighted by Gasteiger charge is 2.40. The number of carboxylic acids is 3. The molecule has 0 bridgehead atoms. The number of rotatable bonds is 7. The molecule has 1 aromatic carbocycles. The Morgan fingerprint density at radius 2 is 1.81 bits per heavy atom. The summed E-state index contributed by atoms with van der Waals surface area (Å²) in [5, 5.41) is 28.3. The molecule has 1 unspecified atom stereocenters. The number of esters is 1. The number of fused-ring (bicyclic) bond motifs is 1. The van der Waals surface area contributed by atoms with Crippen molar-refractivity contribution in [2.24, 2.45) is 5.41 Å². The molecule has 1 aliphatic carbocycles. The quantitative estimate of drug-likeness (QED) is 0.488. The molecular formula is C19H18O8. The molecule has 1 aromatic rings. The van der Waals surface area contributed by atoms with Crippen molar-refractivity contribution < 1.29 is 39.2 Å². The number of carbonyl (C=O) groups is 4. The van der Waals surface area contributed by atoms with Crippen molar-refractivity contribution in [3.05, 3.63) is 52.6 Å². The van der Waals surface area contributed by atoms with Crippen LogP contribution >= 0.6 is 0 Å². The van der Waals surface area contributed by atoms with Crippen molar-refractivity contribution in [2.45, 2.75) is 19.8 Å². The maximum absolute atomic E-state index is 11.9. The first kappa shape index (κ1) is 19.9. The summed E-state index contributed by atoms with van der Waals surface area (Å²) < 4.78 is 4.97. The number of hydrogen-bond acceptors (Lipinski definition) is 5. The van der Waals surface area contributed by atoms with Gasteiger partial charge in [0.2, 0.25) is 0 Å². The van der Waals surface area contributed by atoms with Gasteiger partial charge >= 0.3 is 23.9 Å². The van der Waals surface area contributed by atoms with E-state index in [1.165, 1.54) is 25.1 Å². The molecule has 0 heterocycles. The van der Waals surface area contributed by atoms with E-state index < -0.39 is 29.3 Å². The molecule has 0 saturated carbocycles. The summed E-state index contributed by atoms with van der Waals surface area (Å²) in [6.45, 7) is 4.76. The lowest BCUT2D eigenvalue weighted by molar-refractivity contribution is -0.149. The van der Waals surface area contributed by atoms with Gasteiger partial charge in [-0.15, -0.1) is 0 Å². The Morgan fingerprint density at radius 1 is 1.15 bits per heavy atom. The molecule has 0 saturated heterocycles. The first-order valence-corrected chi connectivity index (χ1v) is 7.97. The third kappa shape index (κ3) is 3.89. The molecule has 0 aromatic heterocycles. The minimum Gasteiger partial charge on any atom is -0.481 e. The van der Waals surface area contributed by atoms with Crippen LogP contribution in [0.5, 0.6) is 0 Å². The highest BCUT2D eigenvalue weighted by Crippen LogP contribution is 2.38. The fraction of sp³-hybridized carbons (Fsp3) is 0.263.